The van der Waals surface area contributed by atoms with Crippen molar-refractivity contribution in [3.05, 3.63) is 127 Å². The second kappa shape index (κ2) is 20.5. The minimum Gasteiger partial charge on any atom is -0.467 e. The van der Waals surface area contributed by atoms with Gasteiger partial charge in [-0.25, -0.2) is 14.8 Å². The number of H-pyrrole nitrogens is 1. The van der Waals surface area contributed by atoms with E-state index in [0.29, 0.717) is 43.7 Å². The van der Waals surface area contributed by atoms with Crippen molar-refractivity contribution in [3.8, 4) is 51.6 Å². The minimum atomic E-state index is -4.62. The molecule has 10 nitrogen and oxygen atoms in total. The molecule has 6 rings (SSSR count). The van der Waals surface area contributed by atoms with Gasteiger partial charge >= 0.3 is 24.1 Å². The van der Waals surface area contributed by atoms with Crippen LogP contribution in [0.15, 0.2) is 77.6 Å². The SMILES string of the molecule is COc1nc(-c2ccc(C)c(C)c2)nc(-c2cc(CCC(=O)C(C)(C)C(F)(F)F)ccc2Cl)n1.Cc1ccc(-c2nc(-c3cc(CCC(=O)C(C)(C)C(F)(F)F)ccc3Cl)[nH]c(=O)n2)cc1C. The maximum Gasteiger partial charge on any atom is 0.400 e. The van der Waals surface area contributed by atoms with Crippen LogP contribution in [-0.4, -0.2) is 60.9 Å². The van der Waals surface area contributed by atoms with Gasteiger partial charge in [0.2, 0.25) is 0 Å². The molecule has 0 aliphatic carbocycles. The van der Waals surface area contributed by atoms with Gasteiger partial charge in [-0.2, -0.15) is 41.3 Å². The van der Waals surface area contributed by atoms with E-state index in [9.17, 15) is 40.7 Å². The van der Waals surface area contributed by atoms with E-state index in [1.165, 1.54) is 7.11 Å². The van der Waals surface area contributed by atoms with Gasteiger partial charge in [0.1, 0.15) is 28.2 Å². The van der Waals surface area contributed by atoms with Gasteiger partial charge in [0.25, 0.3) is 0 Å². The Hall–Kier alpha value is -6.00. The van der Waals surface area contributed by atoms with Crippen LogP contribution in [0.2, 0.25) is 10.0 Å². The molecule has 0 unspecified atom stereocenters. The van der Waals surface area contributed by atoms with E-state index in [4.69, 9.17) is 27.9 Å². The van der Waals surface area contributed by atoms with Gasteiger partial charge in [-0.05, 0) is 138 Å². The van der Waals surface area contributed by atoms with Crippen molar-refractivity contribution in [2.45, 2.75) is 93.4 Å². The Labute approximate surface area is 393 Å². The number of carbonyl (C=O) groups is 2. The third kappa shape index (κ3) is 12.3. The molecule has 0 atom stereocenters. The summed E-state index contributed by atoms with van der Waals surface area (Å²) >= 11 is 12.7. The van der Waals surface area contributed by atoms with E-state index < -0.39 is 40.4 Å². The summed E-state index contributed by atoms with van der Waals surface area (Å²) in [6.07, 6.45) is -9.58. The number of hydrogen-bond acceptors (Lipinski definition) is 9. The molecule has 0 bridgehead atoms. The van der Waals surface area contributed by atoms with Crippen molar-refractivity contribution in [2.24, 2.45) is 10.8 Å². The Balaban J connectivity index is 0.000000251. The zero-order chi connectivity index (χ0) is 49.8. The van der Waals surface area contributed by atoms with Gasteiger partial charge in [-0.3, -0.25) is 14.6 Å². The molecule has 0 aliphatic heterocycles. The monoisotopic (exact) mass is 968 g/mol. The van der Waals surface area contributed by atoms with Crippen molar-refractivity contribution in [1.29, 1.82) is 0 Å². The highest BCUT2D eigenvalue weighted by molar-refractivity contribution is 6.33. The lowest BCUT2D eigenvalue weighted by Gasteiger charge is -2.26. The summed E-state index contributed by atoms with van der Waals surface area (Å²) in [6, 6.07) is 21.3. The van der Waals surface area contributed by atoms with Gasteiger partial charge in [0.15, 0.2) is 17.5 Å². The smallest absolute Gasteiger partial charge is 0.400 e. The number of aryl methyl sites for hydroxylation is 6. The summed E-state index contributed by atoms with van der Waals surface area (Å²) in [4.78, 5) is 60.8. The molecule has 18 heteroatoms. The molecule has 67 heavy (non-hydrogen) atoms. The number of ketones is 2. The fraction of sp³-hybridized carbons (Fsp3) is 0.347. The predicted molar refractivity (Wildman–Crippen MR) is 246 cm³/mol. The van der Waals surface area contributed by atoms with Crippen molar-refractivity contribution < 1.29 is 40.7 Å². The van der Waals surface area contributed by atoms with E-state index in [-0.39, 0.29) is 49.2 Å². The number of nitrogens with zero attached hydrogens (tertiary/aromatic N) is 5. The number of hydrogen-bond donors (Lipinski definition) is 1. The van der Waals surface area contributed by atoms with Crippen LogP contribution in [0, 0.1) is 38.5 Å². The number of Topliss-reactive ketones (excluding diaryl/α,β-unsaturated/α-hetero) is 2. The standard InChI is InChI=1S/C25H25ClF3N3O2.C24H23ClF3N3O2/c1-14-6-9-17(12-15(14)2)21-30-22(32-23(31-21)34-5)18-13-16(7-10-19(18)26)8-11-20(33)24(3,4)25(27,28)29;1-13-5-8-16(11-14(13)2)20-29-21(31-22(33)30-20)17-12-15(6-9-18(17)25)7-10-19(32)23(3,4)24(26,27)28/h6-7,9-10,12-13H,8,11H2,1-5H3;5-6,8-9,11-12H,7,10H2,1-4H3,(H,29,30,31,33). The fourth-order valence-electron chi connectivity index (χ4n) is 6.36. The first-order valence-electron chi connectivity index (χ1n) is 20.8. The molecule has 4 aromatic carbocycles. The van der Waals surface area contributed by atoms with Crippen molar-refractivity contribution in [2.75, 3.05) is 7.11 Å². The summed E-state index contributed by atoms with van der Waals surface area (Å²) in [5.74, 6) is -0.728. The van der Waals surface area contributed by atoms with Crippen molar-refractivity contribution >= 4 is 34.8 Å². The molecular formula is C49H48Cl2F6N6O4. The lowest BCUT2D eigenvalue weighted by Crippen LogP contribution is -2.39. The first-order valence-corrected chi connectivity index (χ1v) is 21.6. The molecule has 354 valence electrons. The lowest BCUT2D eigenvalue weighted by atomic mass is 9.84. The fourth-order valence-corrected chi connectivity index (χ4v) is 6.77. The maximum atomic E-state index is 13.2. The highest BCUT2D eigenvalue weighted by Crippen LogP contribution is 2.41. The third-order valence-corrected chi connectivity index (χ3v) is 12.3. The van der Waals surface area contributed by atoms with Crippen LogP contribution >= 0.6 is 23.2 Å². The van der Waals surface area contributed by atoms with E-state index in [2.05, 4.69) is 29.9 Å². The summed E-state index contributed by atoms with van der Waals surface area (Å²) in [5, 5.41) is 0.645. The molecule has 2 aromatic heterocycles. The number of aromatic nitrogens is 6. The Bertz CT molecular complexity index is 2880. The topological polar surface area (TPSA) is 141 Å². The highest BCUT2D eigenvalue weighted by Gasteiger charge is 2.52. The molecular weight excluding hydrogens is 921 g/mol. The predicted octanol–water partition coefficient (Wildman–Crippen LogP) is 12.4. The van der Waals surface area contributed by atoms with Crippen molar-refractivity contribution in [1.82, 2.24) is 29.9 Å². The number of benzene rings is 4. The van der Waals surface area contributed by atoms with E-state index in [1.807, 2.05) is 64.1 Å². The molecule has 0 saturated heterocycles. The van der Waals surface area contributed by atoms with Gasteiger partial charge in [0, 0.05) is 35.1 Å². The number of halogens is 8. The second-order valence-electron chi connectivity index (χ2n) is 17.1. The van der Waals surface area contributed by atoms with Crippen LogP contribution in [0.5, 0.6) is 6.01 Å². The highest BCUT2D eigenvalue weighted by atomic mass is 35.5. The first-order chi connectivity index (χ1) is 31.1. The molecule has 0 radical (unpaired) electrons. The quantitative estimate of drug-likeness (QED) is 0.112. The van der Waals surface area contributed by atoms with Gasteiger partial charge in [-0.15, -0.1) is 0 Å². The number of ether oxygens (including phenoxy) is 1. The molecule has 0 fully saturated rings. The van der Waals surface area contributed by atoms with Crippen LogP contribution in [0.1, 0.15) is 73.9 Å². The van der Waals surface area contributed by atoms with Crippen LogP contribution in [0.25, 0.3) is 45.6 Å². The Morgan fingerprint density at radius 1 is 0.567 bits per heavy atom. The Morgan fingerprint density at radius 3 is 1.45 bits per heavy atom. The van der Waals surface area contributed by atoms with Gasteiger partial charge in [-0.1, -0.05) is 59.6 Å². The summed E-state index contributed by atoms with van der Waals surface area (Å²) in [7, 11) is 1.44. The van der Waals surface area contributed by atoms with E-state index >= 15 is 0 Å². The van der Waals surface area contributed by atoms with Crippen LogP contribution < -0.4 is 10.4 Å². The number of rotatable bonds is 13. The number of carbonyl (C=O) groups excluding carboxylic acids is 2. The number of methoxy groups -OCH3 is 1. The van der Waals surface area contributed by atoms with Crippen LogP contribution in [-0.2, 0) is 22.4 Å². The third-order valence-electron chi connectivity index (χ3n) is 11.6. The normalized spacial score (nSPS) is 12.1. The number of nitrogens with one attached hydrogen (secondary N) is 1. The lowest BCUT2D eigenvalue weighted by molar-refractivity contribution is -0.211. The van der Waals surface area contributed by atoms with Crippen LogP contribution in [0.3, 0.4) is 0 Å². The zero-order valence-corrected chi connectivity index (χ0v) is 39.7. The maximum absolute atomic E-state index is 13.2. The number of aromatic amines is 1. The van der Waals surface area contributed by atoms with Gasteiger partial charge in [0.05, 0.1) is 17.2 Å². The molecule has 0 spiro atoms. The molecule has 0 saturated carbocycles. The summed E-state index contributed by atoms with van der Waals surface area (Å²) < 4.78 is 84.1. The van der Waals surface area contributed by atoms with E-state index in [1.54, 1.807) is 36.4 Å². The van der Waals surface area contributed by atoms with Crippen molar-refractivity contribution in [3.63, 3.8) is 0 Å². The largest absolute Gasteiger partial charge is 0.467 e. The van der Waals surface area contributed by atoms with Gasteiger partial charge < -0.3 is 4.74 Å². The average Bonchev–Trinajstić information content (AvgIpc) is 3.26. The first kappa shape index (κ1) is 52.0. The molecule has 6 aromatic rings. The Morgan fingerprint density at radius 2 is 1.00 bits per heavy atom. The van der Waals surface area contributed by atoms with E-state index in [0.717, 1.165) is 55.5 Å². The molecule has 0 aliphatic rings. The summed E-state index contributed by atoms with van der Waals surface area (Å²) in [5.41, 5.74) is 2.37. The van der Waals surface area contributed by atoms with Crippen LogP contribution in [0.4, 0.5) is 26.3 Å². The second-order valence-corrected chi connectivity index (χ2v) is 17.9. The number of alkyl halides is 6. The average molecular weight is 970 g/mol. The summed E-state index contributed by atoms with van der Waals surface area (Å²) in [6.45, 7) is 11.4. The minimum absolute atomic E-state index is 0.0852. The molecule has 2 heterocycles. The zero-order valence-electron chi connectivity index (χ0n) is 38.1. The Kier molecular flexibility index (Phi) is 15.9. The molecule has 1 N–H and O–H groups in total. The molecule has 0 amide bonds.